The number of hydrogen-bond donors (Lipinski definition) is 1. The first kappa shape index (κ1) is 13.8. The molecule has 0 radical (unpaired) electrons. The Morgan fingerprint density at radius 1 is 1.05 bits per heavy atom. The van der Waals surface area contributed by atoms with Crippen LogP contribution < -0.4 is 4.72 Å². The fraction of sp³-hybridized carbons (Fsp3) is 0.0909. The highest BCUT2D eigenvalue weighted by atomic mass is 32.3. The number of rotatable bonds is 3. The first-order valence-electron chi connectivity index (χ1n) is 5.12. The van der Waals surface area contributed by atoms with Gasteiger partial charge in [0.15, 0.2) is 0 Å². The molecule has 2 aromatic rings. The van der Waals surface area contributed by atoms with Gasteiger partial charge in [0.25, 0.3) is 0 Å². The van der Waals surface area contributed by atoms with Crippen molar-refractivity contribution in [3.63, 3.8) is 0 Å². The molecule has 0 amide bonds. The number of anilines is 1. The Balaban J connectivity index is 2.66. The second-order valence-corrected chi connectivity index (χ2v) is 7.10. The molecular formula is C11H10FNO4S2. The summed E-state index contributed by atoms with van der Waals surface area (Å²) in [6.07, 6.45) is 1.01. The van der Waals surface area contributed by atoms with Crippen LogP contribution in [-0.4, -0.2) is 23.1 Å². The average molecular weight is 303 g/mol. The lowest BCUT2D eigenvalue weighted by molar-refractivity contribution is 0.552. The van der Waals surface area contributed by atoms with Crippen LogP contribution in [0.1, 0.15) is 0 Å². The second kappa shape index (κ2) is 4.46. The van der Waals surface area contributed by atoms with Gasteiger partial charge in [-0.1, -0.05) is 18.2 Å². The molecule has 0 heterocycles. The number of nitrogens with one attached hydrogen (secondary N) is 1. The summed E-state index contributed by atoms with van der Waals surface area (Å²) in [4.78, 5) is -0.462. The smallest absolute Gasteiger partial charge is 0.283 e. The summed E-state index contributed by atoms with van der Waals surface area (Å²) < 4.78 is 59.2. The number of sulfonamides is 1. The maximum Gasteiger partial charge on any atom is 0.332 e. The van der Waals surface area contributed by atoms with Crippen LogP contribution in [0, 0.1) is 0 Å². The molecule has 0 aliphatic rings. The third-order valence-electron chi connectivity index (χ3n) is 2.43. The maximum atomic E-state index is 12.9. The van der Waals surface area contributed by atoms with E-state index in [1.165, 1.54) is 12.1 Å². The molecule has 2 aromatic carbocycles. The van der Waals surface area contributed by atoms with E-state index in [0.29, 0.717) is 16.5 Å². The van der Waals surface area contributed by atoms with Gasteiger partial charge in [0.2, 0.25) is 10.0 Å². The van der Waals surface area contributed by atoms with E-state index in [2.05, 4.69) is 4.72 Å². The minimum absolute atomic E-state index is 0.308. The van der Waals surface area contributed by atoms with Crippen molar-refractivity contribution in [1.29, 1.82) is 0 Å². The highest BCUT2D eigenvalue weighted by molar-refractivity contribution is 7.92. The van der Waals surface area contributed by atoms with E-state index in [1.54, 1.807) is 12.1 Å². The molecule has 0 aliphatic heterocycles. The number of hydrogen-bond acceptors (Lipinski definition) is 4. The van der Waals surface area contributed by atoms with E-state index in [1.807, 2.05) is 0 Å². The lowest BCUT2D eigenvalue weighted by Gasteiger charge is -2.08. The molecule has 2 rings (SSSR count). The second-order valence-electron chi connectivity index (χ2n) is 4.00. The van der Waals surface area contributed by atoms with Crippen LogP contribution in [0.4, 0.5) is 9.57 Å². The molecule has 0 saturated heterocycles. The summed E-state index contributed by atoms with van der Waals surface area (Å²) in [7, 11) is -8.23. The van der Waals surface area contributed by atoms with Crippen LogP contribution in [-0.2, 0) is 20.2 Å². The maximum absolute atomic E-state index is 12.9. The van der Waals surface area contributed by atoms with Gasteiger partial charge in [-0.05, 0) is 23.6 Å². The molecule has 0 spiro atoms. The third-order valence-corrected chi connectivity index (χ3v) is 3.84. The van der Waals surface area contributed by atoms with E-state index >= 15 is 0 Å². The first-order chi connectivity index (χ1) is 8.67. The van der Waals surface area contributed by atoms with Crippen molar-refractivity contribution in [2.75, 3.05) is 11.0 Å². The molecule has 0 bridgehead atoms. The predicted molar refractivity (Wildman–Crippen MR) is 70.7 cm³/mol. The van der Waals surface area contributed by atoms with Crippen molar-refractivity contribution in [2.45, 2.75) is 4.90 Å². The molecule has 8 heteroatoms. The Morgan fingerprint density at radius 2 is 1.74 bits per heavy atom. The highest BCUT2D eigenvalue weighted by Crippen LogP contribution is 2.27. The van der Waals surface area contributed by atoms with Gasteiger partial charge in [-0.15, -0.1) is 3.89 Å². The summed E-state index contributed by atoms with van der Waals surface area (Å²) in [5, 5.41) is 0.910. The highest BCUT2D eigenvalue weighted by Gasteiger charge is 2.13. The van der Waals surface area contributed by atoms with Crippen LogP contribution >= 0.6 is 0 Å². The first-order valence-corrected chi connectivity index (χ1v) is 8.39. The topological polar surface area (TPSA) is 80.3 Å². The molecule has 19 heavy (non-hydrogen) atoms. The number of halogens is 1. The normalized spacial score (nSPS) is 12.5. The van der Waals surface area contributed by atoms with E-state index in [0.717, 1.165) is 18.4 Å². The van der Waals surface area contributed by atoms with Gasteiger partial charge < -0.3 is 0 Å². The summed E-state index contributed by atoms with van der Waals surface area (Å²) in [6, 6.07) is 8.24. The molecule has 0 fully saturated rings. The summed E-state index contributed by atoms with van der Waals surface area (Å²) >= 11 is 0. The Labute approximate surface area is 110 Å². The summed E-state index contributed by atoms with van der Waals surface area (Å²) in [5.41, 5.74) is 0.308. The fourth-order valence-electron chi connectivity index (χ4n) is 1.70. The molecular weight excluding hydrogens is 293 g/mol. The van der Waals surface area contributed by atoms with Gasteiger partial charge >= 0.3 is 10.2 Å². The van der Waals surface area contributed by atoms with Crippen LogP contribution in [0.2, 0.25) is 0 Å². The van der Waals surface area contributed by atoms with Crippen molar-refractivity contribution < 1.29 is 20.7 Å². The fourth-order valence-corrected chi connectivity index (χ4v) is 2.78. The molecule has 102 valence electrons. The number of fused-ring (bicyclic) bond motifs is 1. The Hall–Kier alpha value is -1.67. The van der Waals surface area contributed by atoms with Gasteiger partial charge in [0.1, 0.15) is 0 Å². The minimum atomic E-state index is -4.78. The van der Waals surface area contributed by atoms with Gasteiger partial charge in [0, 0.05) is 5.39 Å². The molecule has 0 saturated carbocycles. The summed E-state index contributed by atoms with van der Waals surface area (Å²) in [6.45, 7) is 0. The lowest BCUT2D eigenvalue weighted by Crippen LogP contribution is -2.09. The molecule has 0 atom stereocenters. The third kappa shape index (κ3) is 3.21. The van der Waals surface area contributed by atoms with E-state index < -0.39 is 25.1 Å². The molecule has 0 aliphatic carbocycles. The Kier molecular flexibility index (Phi) is 3.23. The average Bonchev–Trinajstić information content (AvgIpc) is 2.25. The largest absolute Gasteiger partial charge is 0.332 e. The van der Waals surface area contributed by atoms with Crippen LogP contribution in [0.5, 0.6) is 0 Å². The van der Waals surface area contributed by atoms with Gasteiger partial charge in [-0.2, -0.15) is 8.42 Å². The van der Waals surface area contributed by atoms with Gasteiger partial charge in [0.05, 0.1) is 16.8 Å². The van der Waals surface area contributed by atoms with Gasteiger partial charge in [-0.25, -0.2) is 8.42 Å². The molecule has 0 unspecified atom stereocenters. The van der Waals surface area contributed by atoms with Crippen molar-refractivity contribution in [3.8, 4) is 0 Å². The van der Waals surface area contributed by atoms with Gasteiger partial charge in [-0.3, -0.25) is 4.72 Å². The van der Waals surface area contributed by atoms with E-state index in [-0.39, 0.29) is 0 Å². The molecule has 5 nitrogen and oxygen atoms in total. The Morgan fingerprint density at radius 3 is 2.32 bits per heavy atom. The molecule has 1 N–H and O–H groups in total. The van der Waals surface area contributed by atoms with Crippen LogP contribution in [0.3, 0.4) is 0 Å². The SMILES string of the molecule is CS(=O)(=O)Nc1cccc2cc(S(=O)(=O)F)ccc12. The quantitative estimate of drug-likeness (QED) is 0.878. The van der Waals surface area contributed by atoms with Crippen molar-refractivity contribution in [1.82, 2.24) is 0 Å². The zero-order valence-corrected chi connectivity index (χ0v) is 11.4. The monoisotopic (exact) mass is 303 g/mol. The van der Waals surface area contributed by atoms with E-state index in [9.17, 15) is 20.7 Å². The summed E-state index contributed by atoms with van der Waals surface area (Å²) in [5.74, 6) is 0. The Bertz CT molecular complexity index is 844. The predicted octanol–water partition coefficient (Wildman–Crippen LogP) is 1.87. The standard InChI is InChI=1S/C11H10FNO4S2/c1-18(14,15)13-11-4-2-3-8-7-9(19(12,16)17)5-6-10(8)11/h2-7,13H,1H3. The lowest BCUT2D eigenvalue weighted by atomic mass is 10.1. The zero-order valence-electron chi connectivity index (χ0n) is 9.79. The van der Waals surface area contributed by atoms with Crippen LogP contribution in [0.25, 0.3) is 10.8 Å². The molecule has 0 aromatic heterocycles. The van der Waals surface area contributed by atoms with Crippen molar-refractivity contribution in [3.05, 3.63) is 36.4 Å². The van der Waals surface area contributed by atoms with Crippen molar-refractivity contribution in [2.24, 2.45) is 0 Å². The van der Waals surface area contributed by atoms with Crippen molar-refractivity contribution >= 4 is 36.7 Å². The van der Waals surface area contributed by atoms with E-state index in [4.69, 9.17) is 0 Å². The number of benzene rings is 2. The zero-order chi connectivity index (χ0) is 14.3. The van der Waals surface area contributed by atoms with Crippen LogP contribution in [0.15, 0.2) is 41.3 Å². The minimum Gasteiger partial charge on any atom is -0.283 e.